The highest BCUT2D eigenvalue weighted by Gasteiger charge is 2.04. The largest absolute Gasteiger partial charge is 0.316 e. The van der Waals surface area contributed by atoms with Gasteiger partial charge < -0.3 is 5.32 Å². The molecule has 0 saturated heterocycles. The van der Waals surface area contributed by atoms with Crippen LogP contribution in [0.25, 0.3) is 22.4 Å². The third-order valence-electron chi connectivity index (χ3n) is 2.91. The molecule has 0 spiro atoms. The Morgan fingerprint density at radius 1 is 1.00 bits per heavy atom. The molecule has 4 nitrogen and oxygen atoms in total. The fourth-order valence-corrected chi connectivity index (χ4v) is 1.97. The number of hydrogen-bond donors (Lipinski definition) is 1. The molecule has 0 amide bonds. The number of benzene rings is 1. The minimum Gasteiger partial charge on any atom is -0.316 e. The Hall–Kier alpha value is -2.33. The van der Waals surface area contributed by atoms with E-state index in [2.05, 4.69) is 20.3 Å². The molecule has 0 unspecified atom stereocenters. The Kier molecular flexibility index (Phi) is 3.16. The van der Waals surface area contributed by atoms with Gasteiger partial charge in [-0.15, -0.1) is 0 Å². The van der Waals surface area contributed by atoms with Crippen LogP contribution in [0.4, 0.5) is 0 Å². The summed E-state index contributed by atoms with van der Waals surface area (Å²) in [7, 11) is 1.90. The van der Waals surface area contributed by atoms with Crippen LogP contribution in [0.3, 0.4) is 0 Å². The lowest BCUT2D eigenvalue weighted by atomic mass is 10.2. The summed E-state index contributed by atoms with van der Waals surface area (Å²) in [6.07, 6.45) is 3.66. The van der Waals surface area contributed by atoms with Gasteiger partial charge in [-0.3, -0.25) is 0 Å². The van der Waals surface area contributed by atoms with Gasteiger partial charge >= 0.3 is 0 Å². The van der Waals surface area contributed by atoms with E-state index in [1.165, 1.54) is 0 Å². The van der Waals surface area contributed by atoms with Gasteiger partial charge in [0.05, 0.1) is 5.52 Å². The third kappa shape index (κ3) is 2.44. The first kappa shape index (κ1) is 11.7. The molecule has 1 aromatic carbocycles. The quantitative estimate of drug-likeness (QED) is 0.775. The summed E-state index contributed by atoms with van der Waals surface area (Å²) in [5.74, 6) is 0.658. The molecule has 0 radical (unpaired) electrons. The summed E-state index contributed by atoms with van der Waals surface area (Å²) in [4.78, 5) is 13.3. The first-order valence-corrected chi connectivity index (χ1v) is 6.18. The van der Waals surface area contributed by atoms with E-state index in [9.17, 15) is 0 Å². The van der Waals surface area contributed by atoms with Gasteiger partial charge in [-0.05, 0) is 19.2 Å². The zero-order valence-electron chi connectivity index (χ0n) is 10.7. The minimum atomic E-state index is 0.658. The Morgan fingerprint density at radius 2 is 1.79 bits per heavy atom. The predicted octanol–water partition coefficient (Wildman–Crippen LogP) is 2.41. The minimum absolute atomic E-state index is 0.658. The van der Waals surface area contributed by atoms with Gasteiger partial charge in [-0.1, -0.05) is 24.3 Å². The van der Waals surface area contributed by atoms with E-state index in [1.54, 1.807) is 0 Å². The maximum absolute atomic E-state index is 4.58. The number of pyridine rings is 1. The highest BCUT2D eigenvalue weighted by molar-refractivity contribution is 5.80. The van der Waals surface area contributed by atoms with Crippen molar-refractivity contribution in [1.82, 2.24) is 20.3 Å². The average Bonchev–Trinajstić information content (AvgIpc) is 2.48. The van der Waals surface area contributed by atoms with Crippen molar-refractivity contribution in [1.29, 1.82) is 0 Å². The second-order valence-corrected chi connectivity index (χ2v) is 4.33. The van der Waals surface area contributed by atoms with Crippen LogP contribution >= 0.6 is 0 Å². The lowest BCUT2D eigenvalue weighted by Crippen LogP contribution is -2.06. The first-order chi connectivity index (χ1) is 9.36. The molecule has 2 heterocycles. The summed E-state index contributed by atoms with van der Waals surface area (Å²) >= 11 is 0. The van der Waals surface area contributed by atoms with Gasteiger partial charge in [0, 0.05) is 29.9 Å². The maximum atomic E-state index is 4.58. The van der Waals surface area contributed by atoms with Crippen molar-refractivity contribution in [3.63, 3.8) is 0 Å². The number of hydrogen-bond acceptors (Lipinski definition) is 4. The Bertz CT molecular complexity index is 692. The Labute approximate surface area is 111 Å². The highest BCUT2D eigenvalue weighted by Crippen LogP contribution is 2.17. The molecule has 3 rings (SSSR count). The number of para-hydroxylation sites is 1. The molecular formula is C15H14N4. The molecule has 4 heteroatoms. The fourth-order valence-electron chi connectivity index (χ4n) is 1.97. The number of nitrogens with one attached hydrogen (secondary N) is 1. The average molecular weight is 250 g/mol. The summed E-state index contributed by atoms with van der Waals surface area (Å²) in [5, 5.41) is 4.19. The molecule has 0 fully saturated rings. The van der Waals surface area contributed by atoms with Gasteiger partial charge in [0.15, 0.2) is 5.82 Å². The van der Waals surface area contributed by atoms with Crippen molar-refractivity contribution in [2.45, 2.75) is 6.54 Å². The van der Waals surface area contributed by atoms with E-state index < -0.39 is 0 Å². The lowest BCUT2D eigenvalue weighted by molar-refractivity contribution is 0.807. The van der Waals surface area contributed by atoms with Crippen molar-refractivity contribution < 1.29 is 0 Å². The van der Waals surface area contributed by atoms with Crippen molar-refractivity contribution in [2.24, 2.45) is 0 Å². The lowest BCUT2D eigenvalue weighted by Gasteiger charge is -2.03. The van der Waals surface area contributed by atoms with E-state index in [0.29, 0.717) is 5.82 Å². The van der Waals surface area contributed by atoms with E-state index in [4.69, 9.17) is 0 Å². The second-order valence-electron chi connectivity index (χ2n) is 4.33. The van der Waals surface area contributed by atoms with E-state index in [0.717, 1.165) is 28.7 Å². The summed E-state index contributed by atoms with van der Waals surface area (Å²) in [5.41, 5.74) is 2.82. The molecule has 0 atom stereocenters. The number of nitrogens with zero attached hydrogens (tertiary/aromatic N) is 3. The molecule has 19 heavy (non-hydrogen) atoms. The summed E-state index contributed by atoms with van der Waals surface area (Å²) < 4.78 is 0. The van der Waals surface area contributed by atoms with E-state index >= 15 is 0 Å². The Balaban J connectivity index is 1.99. The zero-order valence-corrected chi connectivity index (χ0v) is 10.7. The van der Waals surface area contributed by atoms with Crippen molar-refractivity contribution in [3.8, 4) is 11.5 Å². The Morgan fingerprint density at radius 3 is 2.58 bits per heavy atom. The number of rotatable bonds is 3. The van der Waals surface area contributed by atoms with Crippen molar-refractivity contribution in [3.05, 3.63) is 54.4 Å². The van der Waals surface area contributed by atoms with Crippen LogP contribution in [0, 0.1) is 0 Å². The first-order valence-electron chi connectivity index (χ1n) is 6.18. The van der Waals surface area contributed by atoms with E-state index in [1.807, 2.05) is 55.8 Å². The SMILES string of the molecule is CNCc1cnc(-c2ccc3ccccc3n2)nc1. The molecule has 1 N–H and O–H groups in total. The van der Waals surface area contributed by atoms with E-state index in [-0.39, 0.29) is 0 Å². The van der Waals surface area contributed by atoms with Crippen LogP contribution in [0.5, 0.6) is 0 Å². The van der Waals surface area contributed by atoms with Gasteiger partial charge in [0.25, 0.3) is 0 Å². The summed E-state index contributed by atoms with van der Waals surface area (Å²) in [6, 6.07) is 12.0. The molecule has 0 aliphatic heterocycles. The topological polar surface area (TPSA) is 50.7 Å². The molecule has 0 aliphatic carbocycles. The van der Waals surface area contributed by atoms with Crippen LogP contribution in [-0.4, -0.2) is 22.0 Å². The maximum Gasteiger partial charge on any atom is 0.178 e. The van der Waals surface area contributed by atoms with Crippen LogP contribution in [-0.2, 0) is 6.54 Å². The third-order valence-corrected chi connectivity index (χ3v) is 2.91. The molecule has 0 bridgehead atoms. The van der Waals surface area contributed by atoms with Crippen LogP contribution < -0.4 is 5.32 Å². The smallest absolute Gasteiger partial charge is 0.178 e. The fraction of sp³-hybridized carbons (Fsp3) is 0.133. The molecular weight excluding hydrogens is 236 g/mol. The van der Waals surface area contributed by atoms with Crippen LogP contribution in [0.15, 0.2) is 48.8 Å². The van der Waals surface area contributed by atoms with Crippen LogP contribution in [0.2, 0.25) is 0 Å². The van der Waals surface area contributed by atoms with Crippen LogP contribution in [0.1, 0.15) is 5.56 Å². The second kappa shape index (κ2) is 5.12. The standard InChI is InChI=1S/C15H14N4/c1-16-8-11-9-17-15(18-10-11)14-7-6-12-4-2-3-5-13(12)19-14/h2-7,9-10,16H,8H2,1H3. The van der Waals surface area contributed by atoms with Gasteiger partial charge in [-0.25, -0.2) is 15.0 Å². The van der Waals surface area contributed by atoms with Gasteiger partial charge in [-0.2, -0.15) is 0 Å². The number of fused-ring (bicyclic) bond motifs is 1. The van der Waals surface area contributed by atoms with Gasteiger partial charge in [0.1, 0.15) is 5.69 Å². The van der Waals surface area contributed by atoms with Gasteiger partial charge in [0.2, 0.25) is 0 Å². The molecule has 2 aromatic heterocycles. The van der Waals surface area contributed by atoms with Crippen molar-refractivity contribution >= 4 is 10.9 Å². The number of aromatic nitrogens is 3. The van der Waals surface area contributed by atoms with Crippen molar-refractivity contribution in [2.75, 3.05) is 7.05 Å². The summed E-state index contributed by atoms with van der Waals surface area (Å²) in [6.45, 7) is 0.769. The monoisotopic (exact) mass is 250 g/mol. The molecule has 0 aliphatic rings. The zero-order chi connectivity index (χ0) is 13.1. The highest BCUT2D eigenvalue weighted by atomic mass is 14.9. The molecule has 94 valence electrons. The predicted molar refractivity (Wildman–Crippen MR) is 75.5 cm³/mol. The molecule has 0 saturated carbocycles. The normalized spacial score (nSPS) is 10.8. The molecule has 3 aromatic rings.